The van der Waals surface area contributed by atoms with Gasteiger partial charge in [-0.05, 0) is 30.7 Å². The van der Waals surface area contributed by atoms with Crippen LogP contribution < -0.4 is 10.5 Å². The maximum Gasteiger partial charge on any atom is 0.258 e. The molecule has 27 heavy (non-hydrogen) atoms. The van der Waals surface area contributed by atoms with Crippen molar-refractivity contribution in [2.75, 3.05) is 7.05 Å². The van der Waals surface area contributed by atoms with Gasteiger partial charge in [0.05, 0.1) is 10.9 Å². The third kappa shape index (κ3) is 3.95. The molecule has 6 heteroatoms. The van der Waals surface area contributed by atoms with Crippen LogP contribution in [0.3, 0.4) is 0 Å². The molecule has 0 bridgehead atoms. The second kappa shape index (κ2) is 7.80. The molecule has 0 aliphatic heterocycles. The van der Waals surface area contributed by atoms with E-state index in [9.17, 15) is 9.59 Å². The standard InChI is InChI=1S/C21H22N2O3S/c1-13(23(3)14(2)24)20(15-8-5-4-6-9-15)26-17-10-7-11-18-16(17)12-19(27-18)21(22)25/h4-13,20H,1-3H3,(H2,22,25)/t13-,20-/m1/s1. The summed E-state index contributed by atoms with van der Waals surface area (Å²) in [6.07, 6.45) is -0.359. The predicted octanol–water partition coefficient (Wildman–Crippen LogP) is 3.99. The molecular weight excluding hydrogens is 360 g/mol. The Labute approximate surface area is 162 Å². The van der Waals surface area contributed by atoms with Crippen molar-refractivity contribution in [3.63, 3.8) is 0 Å². The first kappa shape index (κ1) is 18.9. The van der Waals surface area contributed by atoms with Gasteiger partial charge in [-0.25, -0.2) is 0 Å². The van der Waals surface area contributed by atoms with Crippen LogP contribution in [0.1, 0.15) is 35.2 Å². The molecule has 0 saturated carbocycles. The van der Waals surface area contributed by atoms with Crippen LogP contribution in [-0.4, -0.2) is 29.8 Å². The lowest BCUT2D eigenvalue weighted by molar-refractivity contribution is -0.131. The highest BCUT2D eigenvalue weighted by molar-refractivity contribution is 7.20. The quantitative estimate of drug-likeness (QED) is 0.701. The Morgan fingerprint density at radius 1 is 1.11 bits per heavy atom. The van der Waals surface area contributed by atoms with Crippen LogP contribution in [0.4, 0.5) is 0 Å². The van der Waals surface area contributed by atoms with Crippen LogP contribution in [-0.2, 0) is 4.79 Å². The van der Waals surface area contributed by atoms with Crippen molar-refractivity contribution in [2.45, 2.75) is 26.0 Å². The second-order valence-corrected chi connectivity index (χ2v) is 7.55. The largest absolute Gasteiger partial charge is 0.483 e. The summed E-state index contributed by atoms with van der Waals surface area (Å²) < 4.78 is 7.33. The zero-order valence-corrected chi connectivity index (χ0v) is 16.3. The molecule has 2 N–H and O–H groups in total. The second-order valence-electron chi connectivity index (χ2n) is 6.46. The van der Waals surface area contributed by atoms with E-state index in [0.29, 0.717) is 10.6 Å². The first-order valence-corrected chi connectivity index (χ1v) is 9.47. The van der Waals surface area contributed by atoms with Crippen molar-refractivity contribution in [3.05, 3.63) is 65.0 Å². The Morgan fingerprint density at radius 3 is 2.44 bits per heavy atom. The number of fused-ring (bicyclic) bond motifs is 1. The number of carbonyl (C=O) groups is 2. The van der Waals surface area contributed by atoms with Gasteiger partial charge < -0.3 is 15.4 Å². The molecule has 2 atom stereocenters. The smallest absolute Gasteiger partial charge is 0.258 e. The molecule has 0 aliphatic rings. The van der Waals surface area contributed by atoms with Crippen molar-refractivity contribution in [1.82, 2.24) is 4.90 Å². The van der Waals surface area contributed by atoms with Gasteiger partial charge in [-0.3, -0.25) is 9.59 Å². The number of likely N-dealkylation sites (N-methyl/N-ethyl adjacent to an activating group) is 1. The number of benzene rings is 2. The molecule has 2 amide bonds. The average Bonchev–Trinajstić information content (AvgIpc) is 3.11. The minimum Gasteiger partial charge on any atom is -0.483 e. The van der Waals surface area contributed by atoms with E-state index >= 15 is 0 Å². The van der Waals surface area contributed by atoms with Gasteiger partial charge in [0.1, 0.15) is 11.9 Å². The normalized spacial score (nSPS) is 13.1. The van der Waals surface area contributed by atoms with E-state index in [2.05, 4.69) is 0 Å². The summed E-state index contributed by atoms with van der Waals surface area (Å²) in [6, 6.07) is 17.1. The first-order chi connectivity index (χ1) is 12.9. The number of carbonyl (C=O) groups excluding carboxylic acids is 2. The van der Waals surface area contributed by atoms with Crippen LogP contribution in [0.2, 0.25) is 0 Å². The highest BCUT2D eigenvalue weighted by atomic mass is 32.1. The maximum absolute atomic E-state index is 11.9. The number of thiophene rings is 1. The molecule has 0 spiro atoms. The van der Waals surface area contributed by atoms with Gasteiger partial charge in [0, 0.05) is 24.1 Å². The van der Waals surface area contributed by atoms with Crippen molar-refractivity contribution in [1.29, 1.82) is 0 Å². The number of amides is 2. The summed E-state index contributed by atoms with van der Waals surface area (Å²) in [7, 11) is 1.77. The van der Waals surface area contributed by atoms with Gasteiger partial charge in [0.15, 0.2) is 0 Å². The molecule has 2 aromatic carbocycles. The lowest BCUT2D eigenvalue weighted by Crippen LogP contribution is -2.39. The van der Waals surface area contributed by atoms with Gasteiger partial charge in [-0.15, -0.1) is 11.3 Å². The number of nitrogens with two attached hydrogens (primary N) is 1. The molecule has 140 valence electrons. The molecule has 0 unspecified atom stereocenters. The number of rotatable bonds is 6. The zero-order chi connectivity index (χ0) is 19.6. The zero-order valence-electron chi connectivity index (χ0n) is 15.5. The van der Waals surface area contributed by atoms with E-state index in [0.717, 1.165) is 15.6 Å². The van der Waals surface area contributed by atoms with Gasteiger partial charge >= 0.3 is 0 Å². The summed E-state index contributed by atoms with van der Waals surface area (Å²) in [6.45, 7) is 3.50. The molecule has 0 aliphatic carbocycles. The van der Waals surface area contributed by atoms with E-state index in [1.807, 2.05) is 55.5 Å². The molecule has 5 nitrogen and oxygen atoms in total. The molecule has 1 aromatic heterocycles. The minimum absolute atomic E-state index is 0.0308. The van der Waals surface area contributed by atoms with Gasteiger partial charge in [-0.2, -0.15) is 0 Å². The van der Waals surface area contributed by atoms with Crippen LogP contribution in [0.15, 0.2) is 54.6 Å². The monoisotopic (exact) mass is 382 g/mol. The minimum atomic E-state index is -0.452. The highest BCUT2D eigenvalue weighted by Crippen LogP contribution is 2.36. The number of nitrogens with zero attached hydrogens (tertiary/aromatic N) is 1. The fraction of sp³-hybridized carbons (Fsp3) is 0.238. The summed E-state index contributed by atoms with van der Waals surface area (Å²) in [5, 5.41) is 0.843. The number of ether oxygens (including phenoxy) is 1. The lowest BCUT2D eigenvalue weighted by Gasteiger charge is -2.32. The Morgan fingerprint density at radius 2 is 1.81 bits per heavy atom. The summed E-state index contributed by atoms with van der Waals surface area (Å²) in [4.78, 5) is 25.6. The van der Waals surface area contributed by atoms with Crippen LogP contribution >= 0.6 is 11.3 Å². The Balaban J connectivity index is 2.03. The number of hydrogen-bond acceptors (Lipinski definition) is 4. The Bertz CT molecular complexity index is 968. The lowest BCUT2D eigenvalue weighted by atomic mass is 10.0. The van der Waals surface area contributed by atoms with Gasteiger partial charge in [0.2, 0.25) is 5.91 Å². The SMILES string of the molecule is CC(=O)N(C)[C@H](C)[C@@H](Oc1cccc2sc(C(N)=O)cc12)c1ccccc1. The van der Waals surface area contributed by atoms with Gasteiger partial charge in [0.25, 0.3) is 5.91 Å². The van der Waals surface area contributed by atoms with E-state index in [-0.39, 0.29) is 18.1 Å². The molecule has 1 heterocycles. The fourth-order valence-corrected chi connectivity index (χ4v) is 3.90. The van der Waals surface area contributed by atoms with Gasteiger partial charge in [-0.1, -0.05) is 36.4 Å². The third-order valence-corrected chi connectivity index (χ3v) is 5.81. The Hall–Kier alpha value is -2.86. The molecular formula is C21H22N2O3S. The van der Waals surface area contributed by atoms with Crippen molar-refractivity contribution >= 4 is 33.2 Å². The van der Waals surface area contributed by atoms with Crippen molar-refractivity contribution in [2.24, 2.45) is 5.73 Å². The fourth-order valence-electron chi connectivity index (χ4n) is 2.97. The summed E-state index contributed by atoms with van der Waals surface area (Å²) in [5.74, 6) is 0.178. The van der Waals surface area contributed by atoms with Crippen LogP contribution in [0.5, 0.6) is 5.75 Å². The van der Waals surface area contributed by atoms with E-state index in [1.165, 1.54) is 18.3 Å². The topological polar surface area (TPSA) is 72.6 Å². The Kier molecular flexibility index (Phi) is 5.46. The number of hydrogen-bond donors (Lipinski definition) is 1. The van der Waals surface area contributed by atoms with Crippen molar-refractivity contribution in [3.8, 4) is 5.75 Å². The number of primary amides is 1. The summed E-state index contributed by atoms with van der Waals surface area (Å²) in [5.41, 5.74) is 6.40. The van der Waals surface area contributed by atoms with E-state index < -0.39 is 5.91 Å². The summed E-state index contributed by atoms with van der Waals surface area (Å²) >= 11 is 1.34. The molecule has 3 aromatic rings. The molecule has 0 saturated heterocycles. The first-order valence-electron chi connectivity index (χ1n) is 8.66. The van der Waals surface area contributed by atoms with E-state index in [4.69, 9.17) is 10.5 Å². The highest BCUT2D eigenvalue weighted by Gasteiger charge is 2.27. The van der Waals surface area contributed by atoms with Crippen molar-refractivity contribution < 1.29 is 14.3 Å². The molecule has 0 fully saturated rings. The third-order valence-electron chi connectivity index (χ3n) is 4.69. The average molecular weight is 382 g/mol. The van der Waals surface area contributed by atoms with Crippen LogP contribution in [0, 0.1) is 0 Å². The molecule has 3 rings (SSSR count). The maximum atomic E-state index is 11.9. The predicted molar refractivity (Wildman–Crippen MR) is 108 cm³/mol. The molecule has 0 radical (unpaired) electrons. The van der Waals surface area contributed by atoms with Crippen LogP contribution in [0.25, 0.3) is 10.1 Å². The van der Waals surface area contributed by atoms with E-state index in [1.54, 1.807) is 18.0 Å².